The summed E-state index contributed by atoms with van der Waals surface area (Å²) in [4.78, 5) is 33.9. The molecule has 1 atom stereocenters. The monoisotopic (exact) mass is 294 g/mol. The molecule has 1 aromatic carbocycles. The van der Waals surface area contributed by atoms with Gasteiger partial charge in [0.15, 0.2) is 0 Å². The molecule has 0 heterocycles. The Morgan fingerprint density at radius 2 is 2.10 bits per heavy atom. The van der Waals surface area contributed by atoms with Crippen molar-refractivity contribution in [3.8, 4) is 0 Å². The number of benzene rings is 1. The number of methoxy groups -OCH3 is 1. The predicted molar refractivity (Wildman–Crippen MR) is 75.4 cm³/mol. The van der Waals surface area contributed by atoms with E-state index in [1.54, 1.807) is 24.3 Å². The number of anilines is 1. The minimum Gasteiger partial charge on any atom is -0.480 e. The molecular weight excluding hydrogens is 276 g/mol. The number of nitrogen functional groups attached to an aromatic ring is 1. The molecule has 0 saturated heterocycles. The van der Waals surface area contributed by atoms with Gasteiger partial charge in [0.05, 0.1) is 13.5 Å². The number of aliphatic carboxylic acids is 1. The van der Waals surface area contributed by atoms with E-state index in [9.17, 15) is 14.4 Å². The van der Waals surface area contributed by atoms with Crippen LogP contribution in [0.25, 0.3) is 0 Å². The number of carbonyl (C=O) groups excluding carboxylic acids is 2. The van der Waals surface area contributed by atoms with Crippen LogP contribution in [0.1, 0.15) is 18.4 Å². The van der Waals surface area contributed by atoms with Crippen molar-refractivity contribution in [2.24, 2.45) is 0 Å². The summed E-state index contributed by atoms with van der Waals surface area (Å²) in [6.07, 6.45) is -0.0796. The van der Waals surface area contributed by atoms with Gasteiger partial charge in [0, 0.05) is 12.1 Å². The zero-order valence-electron chi connectivity index (χ0n) is 11.7. The number of rotatable bonds is 7. The van der Waals surface area contributed by atoms with Crippen molar-refractivity contribution < 1.29 is 24.2 Å². The minimum atomic E-state index is -1.19. The summed E-state index contributed by atoms with van der Waals surface area (Å²) in [5.41, 5.74) is 6.82. The second-order valence-corrected chi connectivity index (χ2v) is 4.49. The SMILES string of the molecule is COC(=O)CCC(NC(=O)Cc1cccc(N)c1)C(=O)O. The highest BCUT2D eigenvalue weighted by Gasteiger charge is 2.21. The molecule has 0 fully saturated rings. The number of nitrogens with one attached hydrogen (secondary N) is 1. The van der Waals surface area contributed by atoms with Gasteiger partial charge in [-0.2, -0.15) is 0 Å². The molecule has 4 N–H and O–H groups in total. The number of ether oxygens (including phenoxy) is 1. The Hall–Kier alpha value is -2.57. The van der Waals surface area contributed by atoms with Gasteiger partial charge in [-0.3, -0.25) is 9.59 Å². The molecule has 0 radical (unpaired) electrons. The summed E-state index contributed by atoms with van der Waals surface area (Å²) < 4.78 is 4.44. The van der Waals surface area contributed by atoms with E-state index in [4.69, 9.17) is 10.8 Å². The lowest BCUT2D eigenvalue weighted by Gasteiger charge is -2.14. The highest BCUT2D eigenvalue weighted by Crippen LogP contribution is 2.07. The molecule has 0 aliphatic carbocycles. The number of nitrogens with two attached hydrogens (primary N) is 1. The van der Waals surface area contributed by atoms with Crippen LogP contribution in [0.4, 0.5) is 5.69 Å². The fraction of sp³-hybridized carbons (Fsp3) is 0.357. The molecule has 114 valence electrons. The van der Waals surface area contributed by atoms with E-state index in [1.165, 1.54) is 7.11 Å². The van der Waals surface area contributed by atoms with Gasteiger partial charge in [0.1, 0.15) is 6.04 Å². The fourth-order valence-electron chi connectivity index (χ4n) is 1.76. The predicted octanol–water partition coefficient (Wildman–Crippen LogP) is 0.334. The highest BCUT2D eigenvalue weighted by atomic mass is 16.5. The molecule has 0 saturated carbocycles. The Labute approximate surface area is 122 Å². The van der Waals surface area contributed by atoms with Crippen LogP contribution in [0.5, 0.6) is 0 Å². The van der Waals surface area contributed by atoms with Gasteiger partial charge in [-0.25, -0.2) is 4.79 Å². The topological polar surface area (TPSA) is 119 Å². The van der Waals surface area contributed by atoms with Crippen LogP contribution in [-0.4, -0.2) is 36.1 Å². The lowest BCUT2D eigenvalue weighted by Crippen LogP contribution is -2.41. The van der Waals surface area contributed by atoms with Gasteiger partial charge in [0.25, 0.3) is 0 Å². The maximum absolute atomic E-state index is 11.8. The molecule has 0 aliphatic heterocycles. The zero-order valence-corrected chi connectivity index (χ0v) is 11.7. The van der Waals surface area contributed by atoms with Crippen LogP contribution in [0.15, 0.2) is 24.3 Å². The number of hydrogen-bond acceptors (Lipinski definition) is 5. The number of esters is 1. The number of carbonyl (C=O) groups is 3. The number of carboxylic acids is 1. The van der Waals surface area contributed by atoms with Crippen LogP contribution >= 0.6 is 0 Å². The van der Waals surface area contributed by atoms with Crippen LogP contribution in [-0.2, 0) is 25.5 Å². The Kier molecular flexibility index (Phi) is 6.19. The van der Waals surface area contributed by atoms with Crippen molar-refractivity contribution in [1.82, 2.24) is 5.32 Å². The summed E-state index contributed by atoms with van der Waals surface area (Å²) in [5.74, 6) is -2.16. The molecule has 0 spiro atoms. The summed E-state index contributed by atoms with van der Waals surface area (Å²) in [6, 6.07) is 5.64. The van der Waals surface area contributed by atoms with Crippen LogP contribution in [0, 0.1) is 0 Å². The first-order valence-electron chi connectivity index (χ1n) is 6.35. The van der Waals surface area contributed by atoms with Gasteiger partial charge < -0.3 is 20.9 Å². The van der Waals surface area contributed by atoms with E-state index in [1.807, 2.05) is 0 Å². The van der Waals surface area contributed by atoms with Crippen molar-refractivity contribution in [1.29, 1.82) is 0 Å². The molecule has 7 nitrogen and oxygen atoms in total. The van der Waals surface area contributed by atoms with Crippen molar-refractivity contribution in [2.75, 3.05) is 12.8 Å². The normalized spacial score (nSPS) is 11.5. The largest absolute Gasteiger partial charge is 0.480 e. The van der Waals surface area contributed by atoms with E-state index in [2.05, 4.69) is 10.1 Å². The molecule has 21 heavy (non-hydrogen) atoms. The second-order valence-electron chi connectivity index (χ2n) is 4.49. The van der Waals surface area contributed by atoms with Crippen LogP contribution < -0.4 is 11.1 Å². The van der Waals surface area contributed by atoms with E-state index in [0.717, 1.165) is 0 Å². The maximum Gasteiger partial charge on any atom is 0.326 e. The summed E-state index contributed by atoms with van der Waals surface area (Å²) in [7, 11) is 1.22. The number of amides is 1. The first kappa shape index (κ1) is 16.5. The van der Waals surface area contributed by atoms with Crippen molar-refractivity contribution in [2.45, 2.75) is 25.3 Å². The molecule has 1 rings (SSSR count). The first-order chi connectivity index (χ1) is 9.92. The summed E-state index contributed by atoms with van der Waals surface area (Å²) >= 11 is 0. The number of hydrogen-bond donors (Lipinski definition) is 3. The first-order valence-corrected chi connectivity index (χ1v) is 6.35. The van der Waals surface area contributed by atoms with Crippen molar-refractivity contribution in [3.05, 3.63) is 29.8 Å². The zero-order chi connectivity index (χ0) is 15.8. The summed E-state index contributed by atoms with van der Waals surface area (Å²) in [5, 5.41) is 11.4. The van der Waals surface area contributed by atoms with E-state index < -0.39 is 23.9 Å². The molecule has 1 aromatic rings. The Balaban J connectivity index is 2.56. The maximum atomic E-state index is 11.8. The molecule has 0 aromatic heterocycles. The van der Waals surface area contributed by atoms with Gasteiger partial charge in [0.2, 0.25) is 5.91 Å². The molecule has 1 amide bonds. The quantitative estimate of drug-likeness (QED) is 0.492. The van der Waals surface area contributed by atoms with Crippen molar-refractivity contribution in [3.63, 3.8) is 0 Å². The third kappa shape index (κ3) is 5.94. The average Bonchev–Trinajstić information content (AvgIpc) is 2.42. The van der Waals surface area contributed by atoms with Crippen LogP contribution in [0.3, 0.4) is 0 Å². The van der Waals surface area contributed by atoms with Gasteiger partial charge >= 0.3 is 11.9 Å². The van der Waals surface area contributed by atoms with Gasteiger partial charge in [-0.05, 0) is 24.1 Å². The van der Waals surface area contributed by atoms with Gasteiger partial charge in [-0.1, -0.05) is 12.1 Å². The minimum absolute atomic E-state index is 0.0209. The summed E-state index contributed by atoms with van der Waals surface area (Å²) in [6.45, 7) is 0. The molecular formula is C14H18N2O5. The van der Waals surface area contributed by atoms with E-state index in [0.29, 0.717) is 11.3 Å². The van der Waals surface area contributed by atoms with E-state index >= 15 is 0 Å². The number of carboxylic acid groups (broad SMARTS) is 1. The van der Waals surface area contributed by atoms with Crippen molar-refractivity contribution >= 4 is 23.5 Å². The molecule has 0 bridgehead atoms. The second kappa shape index (κ2) is 7.88. The van der Waals surface area contributed by atoms with E-state index in [-0.39, 0.29) is 19.3 Å². The molecule has 0 aliphatic rings. The third-order valence-electron chi connectivity index (χ3n) is 2.81. The Bertz CT molecular complexity index is 530. The average molecular weight is 294 g/mol. The Morgan fingerprint density at radius 3 is 2.67 bits per heavy atom. The standard InChI is InChI=1S/C14H18N2O5/c1-21-13(18)6-5-11(14(19)20)16-12(17)8-9-3-2-4-10(15)7-9/h2-4,7,11H,5-6,8,15H2,1H3,(H,16,17)(H,19,20). The van der Waals surface area contributed by atoms with Crippen LogP contribution in [0.2, 0.25) is 0 Å². The third-order valence-corrected chi connectivity index (χ3v) is 2.81. The lowest BCUT2D eigenvalue weighted by molar-refractivity contribution is -0.144. The smallest absolute Gasteiger partial charge is 0.326 e. The Morgan fingerprint density at radius 1 is 1.38 bits per heavy atom. The molecule has 1 unspecified atom stereocenters. The lowest BCUT2D eigenvalue weighted by atomic mass is 10.1. The highest BCUT2D eigenvalue weighted by molar-refractivity contribution is 5.85. The molecule has 7 heteroatoms. The van der Waals surface area contributed by atoms with Gasteiger partial charge in [-0.15, -0.1) is 0 Å². The fourth-order valence-corrected chi connectivity index (χ4v) is 1.76.